The Kier molecular flexibility index (Phi) is 3.89. The van der Waals surface area contributed by atoms with Crippen molar-refractivity contribution < 1.29 is 4.74 Å². The minimum atomic E-state index is -0.0921. The zero-order chi connectivity index (χ0) is 13.4. The third kappa shape index (κ3) is 1.85. The molecule has 1 aromatic carbocycles. The van der Waals surface area contributed by atoms with Gasteiger partial charge in [0, 0.05) is 4.47 Å². The average molecular weight is 311 g/mol. The Morgan fingerprint density at radius 1 is 0.889 bits per heavy atom. The van der Waals surface area contributed by atoms with Gasteiger partial charge in [-0.2, -0.15) is 0 Å². The van der Waals surface area contributed by atoms with Crippen molar-refractivity contribution in [1.82, 2.24) is 0 Å². The van der Waals surface area contributed by atoms with Gasteiger partial charge in [-0.15, -0.1) is 0 Å². The summed E-state index contributed by atoms with van der Waals surface area (Å²) in [6, 6.07) is 6.65. The van der Waals surface area contributed by atoms with Crippen LogP contribution in [0, 0.1) is 0 Å². The first-order valence-electron chi connectivity index (χ1n) is 7.08. The summed E-state index contributed by atoms with van der Waals surface area (Å²) in [5.41, 5.74) is 2.62. The van der Waals surface area contributed by atoms with E-state index in [2.05, 4.69) is 61.8 Å². The largest absolute Gasteiger partial charge is 0.359 e. The van der Waals surface area contributed by atoms with E-state index in [1.54, 1.807) is 0 Å². The summed E-state index contributed by atoms with van der Waals surface area (Å²) in [6.45, 7) is 8.93. The maximum atomic E-state index is 6.64. The van der Waals surface area contributed by atoms with Gasteiger partial charge in [0.05, 0.1) is 11.2 Å². The number of ether oxygens (including phenoxy) is 1. The molecule has 0 saturated heterocycles. The van der Waals surface area contributed by atoms with Crippen molar-refractivity contribution in [2.24, 2.45) is 0 Å². The van der Waals surface area contributed by atoms with E-state index in [4.69, 9.17) is 4.74 Å². The highest BCUT2D eigenvalue weighted by Gasteiger charge is 2.49. The van der Waals surface area contributed by atoms with Crippen LogP contribution in [0.1, 0.15) is 64.5 Å². The summed E-state index contributed by atoms with van der Waals surface area (Å²) in [7, 11) is 0. The second-order valence-electron chi connectivity index (χ2n) is 5.19. The van der Waals surface area contributed by atoms with Crippen molar-refractivity contribution in [3.63, 3.8) is 0 Å². The fourth-order valence-corrected chi connectivity index (χ4v) is 3.69. The lowest BCUT2D eigenvalue weighted by molar-refractivity contribution is -0.151. The molecule has 1 nitrogen and oxygen atoms in total. The van der Waals surface area contributed by atoms with Crippen molar-refractivity contribution in [2.75, 3.05) is 0 Å². The van der Waals surface area contributed by atoms with Gasteiger partial charge in [0.25, 0.3) is 0 Å². The van der Waals surface area contributed by atoms with Crippen LogP contribution < -0.4 is 0 Å². The predicted molar refractivity (Wildman–Crippen MR) is 79.7 cm³/mol. The van der Waals surface area contributed by atoms with E-state index < -0.39 is 0 Å². The molecule has 0 fully saturated rings. The number of hydrogen-bond acceptors (Lipinski definition) is 1. The molecule has 1 aromatic rings. The molecule has 0 aliphatic carbocycles. The van der Waals surface area contributed by atoms with Gasteiger partial charge in [-0.3, -0.25) is 0 Å². The van der Waals surface area contributed by atoms with Crippen LogP contribution in [0.15, 0.2) is 22.7 Å². The van der Waals surface area contributed by atoms with E-state index in [9.17, 15) is 0 Å². The smallest absolute Gasteiger partial charge is 0.0942 e. The minimum absolute atomic E-state index is 0.0813. The minimum Gasteiger partial charge on any atom is -0.359 e. The van der Waals surface area contributed by atoms with Gasteiger partial charge in [-0.1, -0.05) is 49.7 Å². The zero-order valence-corrected chi connectivity index (χ0v) is 13.4. The van der Waals surface area contributed by atoms with Gasteiger partial charge in [0.15, 0.2) is 0 Å². The molecule has 0 bridgehead atoms. The number of benzene rings is 1. The summed E-state index contributed by atoms with van der Waals surface area (Å²) in [6.07, 6.45) is 4.16. The van der Waals surface area contributed by atoms with Crippen LogP contribution in [0.25, 0.3) is 0 Å². The van der Waals surface area contributed by atoms with Crippen molar-refractivity contribution in [2.45, 2.75) is 64.6 Å². The maximum Gasteiger partial charge on any atom is 0.0942 e. The molecule has 2 heteroatoms. The van der Waals surface area contributed by atoms with Crippen molar-refractivity contribution in [3.05, 3.63) is 33.8 Å². The Morgan fingerprint density at radius 2 is 1.39 bits per heavy atom. The highest BCUT2D eigenvalue weighted by Crippen LogP contribution is 2.54. The Bertz CT molecular complexity index is 431. The summed E-state index contributed by atoms with van der Waals surface area (Å²) < 4.78 is 7.79. The monoisotopic (exact) mass is 310 g/mol. The van der Waals surface area contributed by atoms with Crippen LogP contribution in [-0.2, 0) is 15.9 Å². The molecule has 0 radical (unpaired) electrons. The Balaban J connectivity index is 2.65. The van der Waals surface area contributed by atoms with Gasteiger partial charge in [0.2, 0.25) is 0 Å². The molecule has 18 heavy (non-hydrogen) atoms. The highest BCUT2D eigenvalue weighted by atomic mass is 79.9. The van der Waals surface area contributed by atoms with Crippen LogP contribution in [0.2, 0.25) is 0 Å². The third-order valence-corrected chi connectivity index (χ3v) is 5.13. The molecular weight excluding hydrogens is 288 g/mol. The Labute approximate surface area is 119 Å². The van der Waals surface area contributed by atoms with Crippen LogP contribution in [-0.4, -0.2) is 0 Å². The Morgan fingerprint density at radius 3 is 1.89 bits per heavy atom. The van der Waals surface area contributed by atoms with Crippen LogP contribution >= 0.6 is 15.9 Å². The molecular formula is C16H23BrO. The Hall–Kier alpha value is -0.340. The lowest BCUT2D eigenvalue weighted by atomic mass is 9.83. The highest BCUT2D eigenvalue weighted by molar-refractivity contribution is 9.10. The van der Waals surface area contributed by atoms with Gasteiger partial charge in [-0.05, 0) is 48.9 Å². The van der Waals surface area contributed by atoms with Crippen molar-refractivity contribution in [1.29, 1.82) is 0 Å². The van der Waals surface area contributed by atoms with Gasteiger partial charge in [-0.25, -0.2) is 0 Å². The van der Waals surface area contributed by atoms with Gasteiger partial charge >= 0.3 is 0 Å². The lowest BCUT2D eigenvalue weighted by Crippen LogP contribution is -2.31. The second kappa shape index (κ2) is 4.97. The predicted octanol–water partition coefficient (Wildman–Crippen LogP) is 5.51. The molecule has 0 aromatic heterocycles. The lowest BCUT2D eigenvalue weighted by Gasteiger charge is -2.34. The summed E-state index contributed by atoms with van der Waals surface area (Å²) in [5, 5.41) is 0. The SMILES string of the molecule is CCC1(CC)OC(CC)(CC)c2cc(Br)ccc21. The molecule has 1 aliphatic rings. The van der Waals surface area contributed by atoms with Crippen molar-refractivity contribution in [3.8, 4) is 0 Å². The molecule has 0 saturated carbocycles. The van der Waals surface area contributed by atoms with E-state index >= 15 is 0 Å². The van der Waals surface area contributed by atoms with Gasteiger partial charge in [0.1, 0.15) is 0 Å². The molecule has 2 rings (SSSR count). The van der Waals surface area contributed by atoms with Crippen LogP contribution in [0.4, 0.5) is 0 Å². The third-order valence-electron chi connectivity index (χ3n) is 4.64. The number of rotatable bonds is 4. The van der Waals surface area contributed by atoms with E-state index in [1.807, 2.05) is 0 Å². The molecule has 100 valence electrons. The maximum absolute atomic E-state index is 6.64. The molecule has 0 atom stereocenters. The first-order chi connectivity index (χ1) is 8.57. The van der Waals surface area contributed by atoms with E-state index in [0.29, 0.717) is 0 Å². The topological polar surface area (TPSA) is 9.23 Å². The fraction of sp³-hybridized carbons (Fsp3) is 0.625. The van der Waals surface area contributed by atoms with Gasteiger partial charge < -0.3 is 4.74 Å². The summed E-state index contributed by atoms with van der Waals surface area (Å²) in [5.74, 6) is 0. The number of halogens is 1. The van der Waals surface area contributed by atoms with E-state index in [1.165, 1.54) is 11.1 Å². The molecule has 0 amide bonds. The second-order valence-corrected chi connectivity index (χ2v) is 6.11. The van der Waals surface area contributed by atoms with Crippen molar-refractivity contribution >= 4 is 15.9 Å². The summed E-state index contributed by atoms with van der Waals surface area (Å²) in [4.78, 5) is 0. The normalized spacial score (nSPS) is 19.8. The molecule has 1 heterocycles. The first kappa shape index (κ1) is 14.1. The average Bonchev–Trinajstić information content (AvgIpc) is 2.69. The number of fused-ring (bicyclic) bond motifs is 1. The van der Waals surface area contributed by atoms with E-state index in [-0.39, 0.29) is 11.2 Å². The molecule has 1 aliphatic heterocycles. The standard InChI is InChI=1S/C16H23BrO/c1-5-15(6-2)13-10-9-12(17)11-14(13)16(7-3,8-4)18-15/h9-11H,5-8H2,1-4H3. The van der Waals surface area contributed by atoms with E-state index in [0.717, 1.165) is 30.2 Å². The fourth-order valence-electron chi connectivity index (χ4n) is 3.33. The number of hydrogen-bond donors (Lipinski definition) is 0. The molecule has 0 unspecified atom stereocenters. The quantitative estimate of drug-likeness (QED) is 0.712. The summed E-state index contributed by atoms with van der Waals surface area (Å²) >= 11 is 3.60. The van der Waals surface area contributed by atoms with Crippen LogP contribution in [0.5, 0.6) is 0 Å². The first-order valence-corrected chi connectivity index (χ1v) is 7.87. The zero-order valence-electron chi connectivity index (χ0n) is 11.8. The molecule has 0 N–H and O–H groups in total. The molecule has 0 spiro atoms. The van der Waals surface area contributed by atoms with Crippen LogP contribution in [0.3, 0.4) is 0 Å².